The largest absolute Gasteiger partial charge is 0.329 e. The predicted molar refractivity (Wildman–Crippen MR) is 88.7 cm³/mol. The lowest BCUT2D eigenvalue weighted by Crippen LogP contribution is -2.40. The number of rotatable bonds is 2. The van der Waals surface area contributed by atoms with Crippen molar-refractivity contribution in [3.63, 3.8) is 0 Å². The quantitative estimate of drug-likeness (QED) is 0.654. The monoisotopic (exact) mass is 348 g/mol. The van der Waals surface area contributed by atoms with Gasteiger partial charge >= 0.3 is 0 Å². The van der Waals surface area contributed by atoms with Crippen LogP contribution in [-0.2, 0) is 9.59 Å². The van der Waals surface area contributed by atoms with Crippen molar-refractivity contribution in [2.45, 2.75) is 39.0 Å². The highest BCUT2D eigenvalue weighted by atomic mass is 35.5. The highest BCUT2D eigenvalue weighted by Gasteiger charge is 2.40. The molecular weight excluding hydrogens is 332 g/mol. The lowest BCUT2D eigenvalue weighted by molar-refractivity contribution is -0.384. The molecule has 0 spiro atoms. The van der Waals surface area contributed by atoms with E-state index < -0.39 is 10.8 Å². The molecule has 0 unspecified atom stereocenters. The van der Waals surface area contributed by atoms with E-state index in [1.165, 1.54) is 12.1 Å². The molecule has 1 aliphatic carbocycles. The van der Waals surface area contributed by atoms with Gasteiger partial charge in [0, 0.05) is 36.1 Å². The summed E-state index contributed by atoms with van der Waals surface area (Å²) in [5.74, 6) is -0.654. The number of nitro benzene ring substituents is 1. The van der Waals surface area contributed by atoms with E-state index in [1.807, 2.05) is 13.8 Å². The summed E-state index contributed by atoms with van der Waals surface area (Å²) in [5.41, 5.74) is 1.37. The van der Waals surface area contributed by atoms with Crippen molar-refractivity contribution in [3.8, 4) is 0 Å². The molecule has 6 nitrogen and oxygen atoms in total. The Morgan fingerprint density at radius 3 is 2.67 bits per heavy atom. The first kappa shape index (κ1) is 16.6. The number of nitro groups is 1. The molecule has 3 rings (SSSR count). The Labute approximate surface area is 144 Å². The van der Waals surface area contributed by atoms with E-state index in [1.54, 1.807) is 6.07 Å². The summed E-state index contributed by atoms with van der Waals surface area (Å²) in [5, 5.41) is 14.0. The first-order valence-electron chi connectivity index (χ1n) is 7.68. The molecule has 1 aliphatic heterocycles. The Morgan fingerprint density at radius 2 is 2.00 bits per heavy atom. The summed E-state index contributed by atoms with van der Waals surface area (Å²) in [6.45, 7) is 3.97. The molecular formula is C17H17ClN2O4. The zero-order valence-corrected chi connectivity index (χ0v) is 14.1. The van der Waals surface area contributed by atoms with E-state index in [0.29, 0.717) is 29.7 Å². The molecule has 7 heteroatoms. The predicted octanol–water partition coefficient (Wildman–Crippen LogP) is 3.49. The van der Waals surface area contributed by atoms with Gasteiger partial charge in [-0.15, -0.1) is 0 Å². The number of carbonyl (C=O) groups is 2. The summed E-state index contributed by atoms with van der Waals surface area (Å²) in [7, 11) is 0. The van der Waals surface area contributed by atoms with Gasteiger partial charge in [-0.1, -0.05) is 31.5 Å². The average molecular weight is 349 g/mol. The number of ketones is 1. The van der Waals surface area contributed by atoms with Crippen LogP contribution in [-0.4, -0.2) is 16.6 Å². The zero-order valence-electron chi connectivity index (χ0n) is 13.4. The lowest BCUT2D eigenvalue weighted by atomic mass is 9.70. The van der Waals surface area contributed by atoms with Crippen LogP contribution in [0.25, 0.3) is 0 Å². The van der Waals surface area contributed by atoms with Gasteiger partial charge in [0.2, 0.25) is 5.91 Å². The number of hydrogen-bond donors (Lipinski definition) is 1. The van der Waals surface area contributed by atoms with Crippen molar-refractivity contribution >= 4 is 29.0 Å². The Hall–Kier alpha value is -2.21. The van der Waals surface area contributed by atoms with Crippen LogP contribution in [0.3, 0.4) is 0 Å². The van der Waals surface area contributed by atoms with Crippen molar-refractivity contribution in [3.05, 3.63) is 50.2 Å². The Bertz CT molecular complexity index is 798. The maximum atomic E-state index is 12.7. The van der Waals surface area contributed by atoms with Gasteiger partial charge in [0.25, 0.3) is 5.69 Å². The molecule has 1 N–H and O–H groups in total. The second-order valence-electron chi connectivity index (χ2n) is 7.11. The average Bonchev–Trinajstić information content (AvgIpc) is 2.44. The maximum absolute atomic E-state index is 12.7. The molecule has 126 valence electrons. The number of nitrogens with zero attached hydrogens (tertiary/aromatic N) is 1. The van der Waals surface area contributed by atoms with Gasteiger partial charge in [-0.2, -0.15) is 0 Å². The Balaban J connectivity index is 2.10. The molecule has 0 saturated carbocycles. The van der Waals surface area contributed by atoms with Gasteiger partial charge in [-0.05, 0) is 23.5 Å². The van der Waals surface area contributed by atoms with Crippen LogP contribution in [0.1, 0.15) is 44.6 Å². The van der Waals surface area contributed by atoms with Gasteiger partial charge in [0.1, 0.15) is 5.02 Å². The summed E-state index contributed by atoms with van der Waals surface area (Å²) >= 11 is 5.86. The van der Waals surface area contributed by atoms with Crippen LogP contribution in [0.5, 0.6) is 0 Å². The van der Waals surface area contributed by atoms with E-state index in [0.717, 1.165) is 0 Å². The fraction of sp³-hybridized carbons (Fsp3) is 0.412. The molecule has 0 aromatic heterocycles. The summed E-state index contributed by atoms with van der Waals surface area (Å²) in [6.07, 6.45) is 1.10. The third-order valence-electron chi connectivity index (χ3n) is 4.52. The first-order chi connectivity index (χ1) is 11.2. The van der Waals surface area contributed by atoms with Crippen LogP contribution >= 0.6 is 11.6 Å². The standard InChI is InChI=1S/C17H17ClN2O4/c1-17(2)7-12-16(14(21)8-17)10(6-15(22)19-12)9-3-4-11(18)13(5-9)20(23)24/h3-5,10H,6-8H2,1-2H3,(H,19,22)/t10-/m0/s1. The highest BCUT2D eigenvalue weighted by molar-refractivity contribution is 6.32. The van der Waals surface area contributed by atoms with Gasteiger partial charge < -0.3 is 5.32 Å². The number of hydrogen-bond acceptors (Lipinski definition) is 4. The van der Waals surface area contributed by atoms with Crippen molar-refractivity contribution in [2.24, 2.45) is 5.41 Å². The molecule has 0 radical (unpaired) electrons. The summed E-state index contributed by atoms with van der Waals surface area (Å²) in [4.78, 5) is 35.3. The minimum Gasteiger partial charge on any atom is -0.329 e. The smallest absolute Gasteiger partial charge is 0.288 e. The number of carbonyl (C=O) groups excluding carboxylic acids is 2. The summed E-state index contributed by atoms with van der Waals surface area (Å²) < 4.78 is 0. The van der Waals surface area contributed by atoms with E-state index >= 15 is 0 Å². The Kier molecular flexibility index (Phi) is 3.95. The number of allylic oxidation sites excluding steroid dienone is 2. The molecule has 0 bridgehead atoms. The number of nitrogens with one attached hydrogen (secondary N) is 1. The number of halogens is 1. The number of Topliss-reactive ketones (excluding diaryl/α,β-unsaturated/α-hetero) is 1. The summed E-state index contributed by atoms with van der Waals surface area (Å²) in [6, 6.07) is 4.46. The molecule has 0 saturated heterocycles. The topological polar surface area (TPSA) is 89.3 Å². The van der Waals surface area contributed by atoms with Crippen molar-refractivity contribution in [2.75, 3.05) is 0 Å². The van der Waals surface area contributed by atoms with E-state index in [-0.39, 0.29) is 34.2 Å². The van der Waals surface area contributed by atoms with Gasteiger partial charge in [0.05, 0.1) is 4.92 Å². The van der Waals surface area contributed by atoms with Crippen molar-refractivity contribution in [1.82, 2.24) is 5.32 Å². The number of benzene rings is 1. The first-order valence-corrected chi connectivity index (χ1v) is 8.06. The minimum absolute atomic E-state index is 0.0103. The van der Waals surface area contributed by atoms with Crippen LogP contribution in [0, 0.1) is 15.5 Å². The van der Waals surface area contributed by atoms with Crippen LogP contribution < -0.4 is 5.32 Å². The second-order valence-corrected chi connectivity index (χ2v) is 7.51. The highest BCUT2D eigenvalue weighted by Crippen LogP contribution is 2.44. The van der Waals surface area contributed by atoms with E-state index in [2.05, 4.69) is 5.32 Å². The van der Waals surface area contributed by atoms with Crippen LogP contribution in [0.4, 0.5) is 5.69 Å². The van der Waals surface area contributed by atoms with E-state index in [9.17, 15) is 19.7 Å². The minimum atomic E-state index is -0.560. The van der Waals surface area contributed by atoms with Crippen molar-refractivity contribution in [1.29, 1.82) is 0 Å². The third-order valence-corrected chi connectivity index (χ3v) is 4.84. The maximum Gasteiger partial charge on any atom is 0.288 e. The van der Waals surface area contributed by atoms with Gasteiger partial charge in [-0.25, -0.2) is 0 Å². The molecule has 1 aromatic carbocycles. The molecule has 2 aliphatic rings. The molecule has 1 aromatic rings. The van der Waals surface area contributed by atoms with Crippen molar-refractivity contribution < 1.29 is 14.5 Å². The van der Waals surface area contributed by atoms with Gasteiger partial charge in [-0.3, -0.25) is 19.7 Å². The van der Waals surface area contributed by atoms with Crippen LogP contribution in [0.2, 0.25) is 5.02 Å². The molecule has 1 heterocycles. The Morgan fingerprint density at radius 1 is 1.29 bits per heavy atom. The third kappa shape index (κ3) is 2.94. The van der Waals surface area contributed by atoms with E-state index in [4.69, 9.17) is 11.6 Å². The zero-order chi connectivity index (χ0) is 17.6. The fourth-order valence-corrected chi connectivity index (χ4v) is 3.71. The second kappa shape index (κ2) is 5.70. The van der Waals surface area contributed by atoms with Gasteiger partial charge in [0.15, 0.2) is 5.78 Å². The fourth-order valence-electron chi connectivity index (χ4n) is 3.53. The molecule has 0 fully saturated rings. The molecule has 24 heavy (non-hydrogen) atoms. The normalized spacial score (nSPS) is 22.9. The molecule has 1 atom stereocenters. The molecule has 1 amide bonds. The number of amides is 1. The lowest BCUT2D eigenvalue weighted by Gasteiger charge is -2.37. The SMILES string of the molecule is CC1(C)CC(=O)C2=C(C1)NC(=O)C[C@H]2c1ccc(Cl)c([N+](=O)[O-])c1. The van der Waals surface area contributed by atoms with Crippen LogP contribution in [0.15, 0.2) is 29.5 Å².